The number of fused-ring (bicyclic) bond motifs is 12. The van der Waals surface area contributed by atoms with Crippen molar-refractivity contribution in [3.05, 3.63) is 206 Å². The van der Waals surface area contributed by atoms with E-state index in [9.17, 15) is 0 Å². The minimum absolute atomic E-state index is 0.168. The highest BCUT2D eigenvalue weighted by atomic mass is 32.1. The largest absolute Gasteiger partial charge is 0.309 e. The van der Waals surface area contributed by atoms with Crippen LogP contribution < -0.4 is 0 Å². The van der Waals surface area contributed by atoms with Gasteiger partial charge in [-0.25, -0.2) is 15.0 Å². The molecule has 0 radical (unpaired) electrons. The Bertz CT molecular complexity index is 4110. The molecule has 3 heterocycles. The number of rotatable bonds is 5. The molecular weight excluding hydrogens is 773 g/mol. The Kier molecular flexibility index (Phi) is 6.69. The van der Waals surface area contributed by atoms with Crippen LogP contribution in [-0.4, -0.2) is 19.5 Å². The standard InChI is InChI=1S/C57H34N4S/c1-3-16-35(17-4-1)37-30-31-44-48-33-38(61-50-28-13-11-23-42(50)43-24-12-14-29-51(43)61)34-49(54(48)62-52(44)32-37)57-59-55(36-18-5-2-6-19-36)58-56(60-57)47-27-15-26-46-41-21-8-7-20-39(41)40-22-9-10-25-45(40)53(46)47/h1-34H/i1D,3D,4D,16D,17D. The summed E-state index contributed by atoms with van der Waals surface area (Å²) in [5.74, 6) is 1.61. The number of aromatic nitrogens is 4. The summed E-state index contributed by atoms with van der Waals surface area (Å²) in [6.45, 7) is 0. The third-order valence-corrected chi connectivity index (χ3v) is 13.3. The van der Waals surface area contributed by atoms with Crippen LogP contribution in [0.5, 0.6) is 0 Å². The van der Waals surface area contributed by atoms with Crippen LogP contribution in [0.25, 0.3) is 125 Å². The minimum atomic E-state index is -0.416. The lowest BCUT2D eigenvalue weighted by Gasteiger charge is -2.15. The SMILES string of the molecule is [2H]c1c([2H])c([2H])c(-c2ccc3c(c2)sc2c(-c4nc(-c5ccccc5)nc(-c5cccc6c7ccccc7c7ccccc7c56)n4)cc(-n4c5ccccc5c5ccccc54)cc23)c([2H])c1[2H]. The van der Waals surface area contributed by atoms with Crippen molar-refractivity contribution in [1.29, 1.82) is 0 Å². The molecule has 0 aliphatic carbocycles. The van der Waals surface area contributed by atoms with Gasteiger partial charge in [0.1, 0.15) is 0 Å². The first kappa shape index (κ1) is 30.1. The van der Waals surface area contributed by atoms with Gasteiger partial charge < -0.3 is 4.57 Å². The molecule has 13 aromatic rings. The Hall–Kier alpha value is -7.99. The molecule has 10 aromatic carbocycles. The second-order valence-electron chi connectivity index (χ2n) is 15.5. The highest BCUT2D eigenvalue weighted by Gasteiger charge is 2.22. The summed E-state index contributed by atoms with van der Waals surface area (Å²) in [6.07, 6.45) is 0. The van der Waals surface area contributed by atoms with Crippen molar-refractivity contribution >= 4 is 85.6 Å². The minimum Gasteiger partial charge on any atom is -0.309 e. The molecule has 62 heavy (non-hydrogen) atoms. The van der Waals surface area contributed by atoms with E-state index in [1.807, 2.05) is 48.5 Å². The second-order valence-corrected chi connectivity index (χ2v) is 16.6. The van der Waals surface area contributed by atoms with Crippen LogP contribution in [0.4, 0.5) is 0 Å². The van der Waals surface area contributed by atoms with Gasteiger partial charge in [-0.15, -0.1) is 11.3 Å². The van der Waals surface area contributed by atoms with E-state index in [0.29, 0.717) is 23.0 Å². The quantitative estimate of drug-likeness (QED) is 0.163. The van der Waals surface area contributed by atoms with E-state index in [2.05, 4.69) is 132 Å². The van der Waals surface area contributed by atoms with Crippen molar-refractivity contribution < 1.29 is 6.85 Å². The van der Waals surface area contributed by atoms with Crippen LogP contribution >= 0.6 is 11.3 Å². The first-order valence-corrected chi connectivity index (χ1v) is 21.3. The normalized spacial score (nSPS) is 13.0. The molecule has 0 N–H and O–H groups in total. The molecule has 0 bridgehead atoms. The van der Waals surface area contributed by atoms with E-state index in [0.717, 1.165) is 91.3 Å². The summed E-state index contributed by atoms with van der Waals surface area (Å²) in [7, 11) is 0. The molecule has 0 spiro atoms. The molecule has 0 aliphatic rings. The maximum Gasteiger partial charge on any atom is 0.165 e. The second kappa shape index (κ2) is 13.8. The summed E-state index contributed by atoms with van der Waals surface area (Å²) in [5, 5.41) is 11.0. The predicted molar refractivity (Wildman–Crippen MR) is 261 cm³/mol. The Morgan fingerprint density at radius 2 is 0.952 bits per heavy atom. The van der Waals surface area contributed by atoms with Crippen molar-refractivity contribution in [3.8, 4) is 51.0 Å². The van der Waals surface area contributed by atoms with Crippen molar-refractivity contribution in [3.63, 3.8) is 0 Å². The lowest BCUT2D eigenvalue weighted by molar-refractivity contribution is 1.08. The summed E-state index contributed by atoms with van der Waals surface area (Å²) in [5.41, 5.74) is 6.34. The van der Waals surface area contributed by atoms with E-state index in [-0.39, 0.29) is 29.7 Å². The van der Waals surface area contributed by atoms with Gasteiger partial charge in [0.15, 0.2) is 17.5 Å². The fraction of sp³-hybridized carbons (Fsp3) is 0. The molecule has 5 heteroatoms. The van der Waals surface area contributed by atoms with Crippen molar-refractivity contribution in [1.82, 2.24) is 19.5 Å². The van der Waals surface area contributed by atoms with Crippen LogP contribution in [-0.2, 0) is 0 Å². The van der Waals surface area contributed by atoms with Gasteiger partial charge in [-0.2, -0.15) is 0 Å². The predicted octanol–water partition coefficient (Wildman–Crippen LogP) is 15.5. The summed E-state index contributed by atoms with van der Waals surface area (Å²) >= 11 is 1.57. The first-order chi connectivity index (χ1) is 32.8. The fourth-order valence-electron chi connectivity index (χ4n) is 9.38. The molecular formula is C57H34N4S. The molecule has 0 atom stereocenters. The molecule has 0 amide bonds. The number of hydrogen-bond acceptors (Lipinski definition) is 4. The zero-order valence-electron chi connectivity index (χ0n) is 37.9. The fourth-order valence-corrected chi connectivity index (χ4v) is 10.6. The molecule has 13 rings (SSSR count). The van der Waals surface area contributed by atoms with Gasteiger partial charge in [-0.05, 0) is 68.4 Å². The van der Waals surface area contributed by atoms with Crippen molar-refractivity contribution in [2.24, 2.45) is 0 Å². The molecule has 0 saturated carbocycles. The number of para-hydroxylation sites is 2. The maximum atomic E-state index is 8.80. The molecule has 288 valence electrons. The number of thiophene rings is 1. The lowest BCUT2D eigenvalue weighted by atomic mass is 9.91. The van der Waals surface area contributed by atoms with Gasteiger partial charge in [0.05, 0.1) is 17.9 Å². The summed E-state index contributed by atoms with van der Waals surface area (Å²) in [6, 6.07) is 59.0. The molecule has 0 fully saturated rings. The van der Waals surface area contributed by atoms with Crippen LogP contribution in [0, 0.1) is 0 Å². The maximum absolute atomic E-state index is 8.80. The van der Waals surface area contributed by atoms with Crippen LogP contribution in [0.3, 0.4) is 0 Å². The molecule has 0 aliphatic heterocycles. The van der Waals surface area contributed by atoms with Gasteiger partial charge in [-0.1, -0.05) is 176 Å². The highest BCUT2D eigenvalue weighted by Crippen LogP contribution is 2.45. The van der Waals surface area contributed by atoms with Crippen LogP contribution in [0.15, 0.2) is 206 Å². The summed E-state index contributed by atoms with van der Waals surface area (Å²) < 4.78 is 46.8. The van der Waals surface area contributed by atoms with E-state index >= 15 is 0 Å². The Labute approximate surface area is 367 Å². The average molecular weight is 812 g/mol. The highest BCUT2D eigenvalue weighted by molar-refractivity contribution is 7.26. The van der Waals surface area contributed by atoms with E-state index in [1.165, 1.54) is 5.39 Å². The number of benzene rings is 10. The topological polar surface area (TPSA) is 43.6 Å². The smallest absolute Gasteiger partial charge is 0.165 e. The van der Waals surface area contributed by atoms with Gasteiger partial charge >= 0.3 is 0 Å². The van der Waals surface area contributed by atoms with E-state index in [4.69, 9.17) is 21.8 Å². The van der Waals surface area contributed by atoms with Gasteiger partial charge in [0.25, 0.3) is 0 Å². The van der Waals surface area contributed by atoms with Gasteiger partial charge in [-0.3, -0.25) is 0 Å². The molecule has 0 saturated heterocycles. The van der Waals surface area contributed by atoms with Crippen molar-refractivity contribution in [2.45, 2.75) is 0 Å². The average Bonchev–Trinajstić information content (AvgIpc) is 3.92. The van der Waals surface area contributed by atoms with E-state index in [1.54, 1.807) is 11.3 Å². The summed E-state index contributed by atoms with van der Waals surface area (Å²) in [4.78, 5) is 16.1. The van der Waals surface area contributed by atoms with Crippen molar-refractivity contribution in [2.75, 3.05) is 0 Å². The zero-order valence-corrected chi connectivity index (χ0v) is 33.8. The molecule has 3 aromatic heterocycles. The van der Waals surface area contributed by atoms with Gasteiger partial charge in [0.2, 0.25) is 0 Å². The first-order valence-electron chi connectivity index (χ1n) is 23.0. The lowest BCUT2D eigenvalue weighted by Crippen LogP contribution is -2.02. The number of hydrogen-bond donors (Lipinski definition) is 0. The van der Waals surface area contributed by atoms with Crippen LogP contribution in [0.2, 0.25) is 0 Å². The molecule has 4 nitrogen and oxygen atoms in total. The molecule has 0 unspecified atom stereocenters. The Morgan fingerprint density at radius 3 is 1.65 bits per heavy atom. The zero-order chi connectivity index (χ0) is 45.1. The van der Waals surface area contributed by atoms with Crippen LogP contribution in [0.1, 0.15) is 6.85 Å². The monoisotopic (exact) mass is 811 g/mol. The van der Waals surface area contributed by atoms with E-state index < -0.39 is 6.04 Å². The third-order valence-electron chi connectivity index (χ3n) is 12.1. The Balaban J connectivity index is 1.14. The third kappa shape index (κ3) is 5.35. The van der Waals surface area contributed by atoms with Gasteiger partial charge in [0, 0.05) is 58.7 Å². The number of nitrogens with zero attached hydrogens (tertiary/aromatic N) is 4. The Morgan fingerprint density at radius 1 is 0.387 bits per heavy atom.